The molecule has 1 aliphatic heterocycles. The van der Waals surface area contributed by atoms with Gasteiger partial charge >= 0.3 is 13.2 Å². The fourth-order valence-corrected chi connectivity index (χ4v) is 5.96. The average molecular weight is 479 g/mol. The van der Waals surface area contributed by atoms with Gasteiger partial charge in [0, 0.05) is 0 Å². The van der Waals surface area contributed by atoms with Gasteiger partial charge < -0.3 is 30.4 Å². The van der Waals surface area contributed by atoms with Crippen LogP contribution < -0.4 is 16.4 Å². The number of hydrogen-bond donors (Lipinski definition) is 3. The van der Waals surface area contributed by atoms with E-state index >= 15 is 0 Å². The molecule has 0 aromatic carbocycles. The van der Waals surface area contributed by atoms with E-state index in [0.717, 1.165) is 12.8 Å². The van der Waals surface area contributed by atoms with Crippen molar-refractivity contribution >= 4 is 25.0 Å². The topological polar surface area (TPSA) is 129 Å². The summed E-state index contributed by atoms with van der Waals surface area (Å²) in [4.78, 5) is 37.1. The molecule has 34 heavy (non-hydrogen) atoms. The van der Waals surface area contributed by atoms with Crippen LogP contribution in [0.25, 0.3) is 0 Å². The second-order valence-electron chi connectivity index (χ2n) is 12.5. The highest BCUT2D eigenvalue weighted by atomic mass is 16.7. The second kappa shape index (κ2) is 9.34. The Kier molecular flexibility index (Phi) is 7.36. The normalized spacial score (nSPS) is 31.2. The Morgan fingerprint density at radius 3 is 2.32 bits per heavy atom. The summed E-state index contributed by atoms with van der Waals surface area (Å²) in [5, 5.41) is 5.45. The molecule has 1 heterocycles. The van der Waals surface area contributed by atoms with Gasteiger partial charge in [-0.1, -0.05) is 27.7 Å². The molecule has 192 valence electrons. The molecule has 4 N–H and O–H groups in total. The summed E-state index contributed by atoms with van der Waals surface area (Å²) in [5.41, 5.74) is 4.42. The van der Waals surface area contributed by atoms with Crippen molar-refractivity contribution in [1.29, 1.82) is 0 Å². The Hall–Kier alpha value is -1.81. The third kappa shape index (κ3) is 5.53. The summed E-state index contributed by atoms with van der Waals surface area (Å²) in [6.07, 6.45) is 1.56. The monoisotopic (exact) mass is 479 g/mol. The summed E-state index contributed by atoms with van der Waals surface area (Å²) in [6, 6.07) is -1.16. The number of carbonyl (C=O) groups excluding carboxylic acids is 3. The molecule has 0 radical (unpaired) electrons. The van der Waals surface area contributed by atoms with Gasteiger partial charge in [-0.3, -0.25) is 9.59 Å². The number of nitrogens with one attached hydrogen (secondary N) is 2. The fourth-order valence-electron chi connectivity index (χ4n) is 5.96. The Balaban J connectivity index is 1.73. The molecule has 3 aliphatic carbocycles. The summed E-state index contributed by atoms with van der Waals surface area (Å²) >= 11 is 0. The van der Waals surface area contributed by atoms with Crippen LogP contribution in [-0.4, -0.2) is 54.3 Å². The molecule has 0 spiro atoms. The van der Waals surface area contributed by atoms with Crippen LogP contribution in [0.2, 0.25) is 0 Å². The largest absolute Gasteiger partial charge is 0.481 e. The zero-order chi connectivity index (χ0) is 25.6. The van der Waals surface area contributed by atoms with Gasteiger partial charge in [-0.15, -0.1) is 0 Å². The number of ether oxygens (including phenoxy) is 1. The molecule has 0 aromatic rings. The van der Waals surface area contributed by atoms with Crippen LogP contribution >= 0.6 is 0 Å². The Labute approximate surface area is 203 Å². The molecule has 0 unspecified atom stereocenters. The maximum absolute atomic E-state index is 13.2. The van der Waals surface area contributed by atoms with Crippen LogP contribution in [0.4, 0.5) is 4.79 Å². The van der Waals surface area contributed by atoms with E-state index < -0.39 is 48.2 Å². The van der Waals surface area contributed by atoms with Crippen molar-refractivity contribution in [1.82, 2.24) is 10.6 Å². The van der Waals surface area contributed by atoms with E-state index in [-0.39, 0.29) is 23.9 Å². The minimum Gasteiger partial charge on any atom is -0.444 e. The SMILES string of the molecule is CC(C)C[C@H](NC(=O)[C@H](CC(N)=O)NC(=O)OC(C)(C)C)B1O[C@@H]2C[C@H]3C[C@H](C3(C)C)[C@]2(C)O1. The molecule has 3 amide bonds. The van der Waals surface area contributed by atoms with Gasteiger partial charge in [0.1, 0.15) is 11.6 Å². The van der Waals surface area contributed by atoms with Crippen LogP contribution in [0, 0.1) is 23.2 Å². The molecule has 10 heteroatoms. The molecule has 3 saturated carbocycles. The predicted octanol–water partition coefficient (Wildman–Crippen LogP) is 2.55. The lowest BCUT2D eigenvalue weighted by molar-refractivity contribution is -0.199. The fraction of sp³-hybridized carbons (Fsp3) is 0.875. The van der Waals surface area contributed by atoms with Crippen LogP contribution in [0.5, 0.6) is 0 Å². The minimum atomic E-state index is -1.16. The first-order valence-electron chi connectivity index (χ1n) is 12.4. The van der Waals surface area contributed by atoms with Crippen LogP contribution in [0.3, 0.4) is 0 Å². The van der Waals surface area contributed by atoms with Gasteiger partial charge in [-0.25, -0.2) is 4.79 Å². The lowest BCUT2D eigenvalue weighted by atomic mass is 9.43. The van der Waals surface area contributed by atoms with Crippen molar-refractivity contribution in [2.75, 3.05) is 0 Å². The van der Waals surface area contributed by atoms with Crippen molar-refractivity contribution in [2.45, 2.75) is 110 Å². The molecule has 6 atom stereocenters. The predicted molar refractivity (Wildman–Crippen MR) is 128 cm³/mol. The Bertz CT molecular complexity index is 813. The first-order chi connectivity index (χ1) is 15.5. The van der Waals surface area contributed by atoms with E-state index in [0.29, 0.717) is 18.3 Å². The number of nitrogens with two attached hydrogens (primary N) is 1. The van der Waals surface area contributed by atoms with Crippen molar-refractivity contribution < 1.29 is 28.4 Å². The lowest BCUT2D eigenvalue weighted by Crippen LogP contribution is -2.65. The third-order valence-electron chi connectivity index (χ3n) is 7.76. The van der Waals surface area contributed by atoms with E-state index in [4.69, 9.17) is 19.8 Å². The van der Waals surface area contributed by atoms with Crippen LogP contribution in [-0.2, 0) is 23.6 Å². The summed E-state index contributed by atoms with van der Waals surface area (Å²) < 4.78 is 18.2. The average Bonchev–Trinajstić information content (AvgIpc) is 3.01. The highest BCUT2D eigenvalue weighted by Crippen LogP contribution is 2.65. The quantitative estimate of drug-likeness (QED) is 0.459. The van der Waals surface area contributed by atoms with Gasteiger partial charge in [0.15, 0.2) is 0 Å². The standard InChI is InChI=1S/C24H42BN3O6/c1-13(2)9-18(25-33-17-11-14-10-16(23(14,6)7)24(17,8)34-25)28-20(30)15(12-19(26)29)27-21(31)32-22(3,4)5/h13-18H,9-12H2,1-8H3,(H2,26,29)(H,27,31)(H,28,30)/t14-,15+,16-,17-,18+,24+/m1/s1. The second-order valence-corrected chi connectivity index (χ2v) is 12.5. The summed E-state index contributed by atoms with van der Waals surface area (Å²) in [7, 11) is -0.604. The molecule has 2 bridgehead atoms. The van der Waals surface area contributed by atoms with E-state index in [9.17, 15) is 14.4 Å². The van der Waals surface area contributed by atoms with Gasteiger partial charge in [0.05, 0.1) is 24.1 Å². The number of amides is 3. The maximum Gasteiger partial charge on any atom is 0.481 e. The molecule has 4 fully saturated rings. The lowest BCUT2D eigenvalue weighted by Gasteiger charge is -2.64. The molecular weight excluding hydrogens is 437 g/mol. The smallest absolute Gasteiger partial charge is 0.444 e. The van der Waals surface area contributed by atoms with Crippen LogP contribution in [0.15, 0.2) is 0 Å². The van der Waals surface area contributed by atoms with Crippen LogP contribution in [0.1, 0.15) is 81.1 Å². The minimum absolute atomic E-state index is 0.0119. The molecule has 9 nitrogen and oxygen atoms in total. The zero-order valence-electron chi connectivity index (χ0n) is 21.9. The maximum atomic E-state index is 13.2. The molecule has 4 rings (SSSR count). The van der Waals surface area contributed by atoms with Gasteiger partial charge in [0.2, 0.25) is 11.8 Å². The van der Waals surface area contributed by atoms with Crippen molar-refractivity contribution in [3.8, 4) is 0 Å². The molecule has 0 aromatic heterocycles. The zero-order valence-corrected chi connectivity index (χ0v) is 21.9. The van der Waals surface area contributed by atoms with Crippen molar-refractivity contribution in [3.05, 3.63) is 0 Å². The number of primary amides is 1. The summed E-state index contributed by atoms with van der Waals surface area (Å²) in [5.74, 6) is -0.384. The van der Waals surface area contributed by atoms with E-state index in [1.54, 1.807) is 20.8 Å². The Morgan fingerprint density at radius 2 is 1.79 bits per heavy atom. The third-order valence-corrected chi connectivity index (χ3v) is 7.76. The summed E-state index contributed by atoms with van der Waals surface area (Å²) in [6.45, 7) is 16.0. The first kappa shape index (κ1) is 26.8. The van der Waals surface area contributed by atoms with E-state index in [1.807, 2.05) is 0 Å². The van der Waals surface area contributed by atoms with Gasteiger partial charge in [0.25, 0.3) is 0 Å². The van der Waals surface area contributed by atoms with Gasteiger partial charge in [-0.2, -0.15) is 0 Å². The number of hydrogen-bond acceptors (Lipinski definition) is 6. The number of rotatable bonds is 8. The number of alkyl carbamates (subject to hydrolysis) is 1. The van der Waals surface area contributed by atoms with Crippen molar-refractivity contribution in [3.63, 3.8) is 0 Å². The number of carbonyl (C=O) groups is 3. The highest BCUT2D eigenvalue weighted by molar-refractivity contribution is 6.48. The Morgan fingerprint density at radius 1 is 1.15 bits per heavy atom. The molecule has 4 aliphatic rings. The van der Waals surface area contributed by atoms with Gasteiger partial charge in [-0.05, 0) is 70.1 Å². The van der Waals surface area contributed by atoms with E-state index in [2.05, 4.69) is 45.3 Å². The molecular formula is C24H42BN3O6. The van der Waals surface area contributed by atoms with Crippen molar-refractivity contribution in [2.24, 2.45) is 28.9 Å². The highest BCUT2D eigenvalue weighted by Gasteiger charge is 2.68. The van der Waals surface area contributed by atoms with E-state index in [1.165, 1.54) is 0 Å². The first-order valence-corrected chi connectivity index (χ1v) is 12.4. The molecule has 1 saturated heterocycles.